The third-order valence-electron chi connectivity index (χ3n) is 4.12. The molecule has 0 aromatic carbocycles. The minimum absolute atomic E-state index is 0.173. The molecule has 6 heteroatoms. The first-order valence-electron chi connectivity index (χ1n) is 7.04. The first-order valence-corrected chi connectivity index (χ1v) is 7.04. The van der Waals surface area contributed by atoms with Crippen LogP contribution in [0, 0.1) is 0 Å². The van der Waals surface area contributed by atoms with Crippen LogP contribution in [0.2, 0.25) is 0 Å². The summed E-state index contributed by atoms with van der Waals surface area (Å²) in [5.74, 6) is -0.972. The fraction of sp³-hybridized carbons (Fsp3) is 0.846. The van der Waals surface area contributed by atoms with Gasteiger partial charge in [-0.1, -0.05) is 12.8 Å². The van der Waals surface area contributed by atoms with Crippen LogP contribution >= 0.6 is 0 Å². The molecule has 0 bridgehead atoms. The van der Waals surface area contributed by atoms with Crippen molar-refractivity contribution >= 4 is 12.0 Å². The molecule has 6 nitrogen and oxygen atoms in total. The lowest BCUT2D eigenvalue weighted by Crippen LogP contribution is -2.54. The molecule has 1 aliphatic heterocycles. The molecule has 2 amide bonds. The second-order valence-corrected chi connectivity index (χ2v) is 5.49. The van der Waals surface area contributed by atoms with Crippen LogP contribution in [0.4, 0.5) is 4.79 Å². The van der Waals surface area contributed by atoms with E-state index in [-0.39, 0.29) is 12.6 Å². The molecule has 1 saturated carbocycles. The van der Waals surface area contributed by atoms with E-state index < -0.39 is 5.97 Å². The van der Waals surface area contributed by atoms with E-state index in [2.05, 4.69) is 4.90 Å². The molecule has 108 valence electrons. The molecule has 2 fully saturated rings. The number of carbonyl (C=O) groups excluding carboxylic acids is 1. The molecule has 0 atom stereocenters. The highest BCUT2D eigenvalue weighted by Crippen LogP contribution is 2.24. The number of carbonyl (C=O) groups is 2. The quantitative estimate of drug-likeness (QED) is 0.818. The second kappa shape index (κ2) is 6.23. The van der Waals surface area contributed by atoms with E-state index in [1.165, 1.54) is 30.6 Å². The third kappa shape index (κ3) is 3.59. The Balaban J connectivity index is 1.78. The van der Waals surface area contributed by atoms with E-state index >= 15 is 0 Å². The van der Waals surface area contributed by atoms with Gasteiger partial charge in [0.15, 0.2) is 0 Å². The summed E-state index contributed by atoms with van der Waals surface area (Å²) in [6.07, 6.45) is 5.22. The summed E-state index contributed by atoms with van der Waals surface area (Å²) in [5, 5.41) is 8.70. The molecule has 1 saturated heterocycles. The van der Waals surface area contributed by atoms with Crippen LogP contribution in [0.15, 0.2) is 0 Å². The third-order valence-corrected chi connectivity index (χ3v) is 4.12. The zero-order valence-electron chi connectivity index (χ0n) is 11.5. The maximum atomic E-state index is 12.0. The first-order chi connectivity index (χ1) is 9.08. The van der Waals surface area contributed by atoms with Gasteiger partial charge < -0.3 is 14.9 Å². The minimum Gasteiger partial charge on any atom is -0.480 e. The smallest absolute Gasteiger partial charge is 0.323 e. The Bertz CT molecular complexity index is 334. The number of amides is 2. The van der Waals surface area contributed by atoms with Gasteiger partial charge in [-0.3, -0.25) is 9.69 Å². The molecule has 2 aliphatic rings. The van der Waals surface area contributed by atoms with E-state index in [1.807, 2.05) is 0 Å². The molecule has 19 heavy (non-hydrogen) atoms. The van der Waals surface area contributed by atoms with Crippen molar-refractivity contribution in [3.8, 4) is 0 Å². The van der Waals surface area contributed by atoms with E-state index in [1.54, 1.807) is 11.9 Å². The number of rotatable bonds is 3. The van der Waals surface area contributed by atoms with Gasteiger partial charge >= 0.3 is 12.0 Å². The van der Waals surface area contributed by atoms with Crippen molar-refractivity contribution in [2.75, 3.05) is 39.8 Å². The largest absolute Gasteiger partial charge is 0.480 e. The van der Waals surface area contributed by atoms with Gasteiger partial charge in [-0.05, 0) is 12.8 Å². The number of piperazine rings is 1. The molecule has 0 radical (unpaired) electrons. The average Bonchev–Trinajstić information content (AvgIpc) is 2.91. The van der Waals surface area contributed by atoms with Gasteiger partial charge in [-0.2, -0.15) is 0 Å². The Morgan fingerprint density at radius 1 is 1.16 bits per heavy atom. The monoisotopic (exact) mass is 269 g/mol. The molecule has 0 spiro atoms. The number of aliphatic carboxylic acids is 1. The van der Waals surface area contributed by atoms with Gasteiger partial charge in [0.25, 0.3) is 0 Å². The number of carboxylic acid groups (broad SMARTS) is 1. The van der Waals surface area contributed by atoms with E-state index in [4.69, 9.17) is 5.11 Å². The summed E-state index contributed by atoms with van der Waals surface area (Å²) < 4.78 is 0. The van der Waals surface area contributed by atoms with Crippen molar-refractivity contribution in [3.63, 3.8) is 0 Å². The molecular weight excluding hydrogens is 246 g/mol. The summed E-state index contributed by atoms with van der Waals surface area (Å²) >= 11 is 0. The fourth-order valence-corrected chi connectivity index (χ4v) is 3.06. The van der Waals surface area contributed by atoms with E-state index in [0.717, 1.165) is 13.1 Å². The number of urea groups is 1. The highest BCUT2D eigenvalue weighted by Gasteiger charge is 2.29. The molecular formula is C13H23N3O3. The van der Waals surface area contributed by atoms with Gasteiger partial charge in [0.2, 0.25) is 0 Å². The zero-order chi connectivity index (χ0) is 13.8. The molecule has 1 N–H and O–H groups in total. The SMILES string of the molecule is CN(CC(=O)O)C(=O)N1CCN(C2CCCC2)CC1. The molecule has 0 aromatic rings. The van der Waals surface area contributed by atoms with Crippen LogP contribution in [-0.4, -0.2) is 77.6 Å². The maximum Gasteiger partial charge on any atom is 0.323 e. The number of likely N-dealkylation sites (N-methyl/N-ethyl adjacent to an activating group) is 1. The lowest BCUT2D eigenvalue weighted by molar-refractivity contribution is -0.137. The van der Waals surface area contributed by atoms with E-state index in [0.29, 0.717) is 19.1 Å². The Labute approximate surface area is 114 Å². The summed E-state index contributed by atoms with van der Waals surface area (Å²) in [5.41, 5.74) is 0. The fourth-order valence-electron chi connectivity index (χ4n) is 3.06. The van der Waals surface area contributed by atoms with Crippen LogP contribution in [-0.2, 0) is 4.79 Å². The first kappa shape index (κ1) is 14.1. The van der Waals surface area contributed by atoms with Crippen molar-refractivity contribution in [2.45, 2.75) is 31.7 Å². The standard InChI is InChI=1S/C13H23N3O3/c1-14(10-12(17)18)13(19)16-8-6-15(7-9-16)11-4-2-3-5-11/h11H,2-10H2,1H3,(H,17,18). The van der Waals surface area contributed by atoms with Crippen molar-refractivity contribution in [3.05, 3.63) is 0 Å². The predicted molar refractivity (Wildman–Crippen MR) is 71.1 cm³/mol. The molecule has 0 unspecified atom stereocenters. The van der Waals surface area contributed by atoms with Crippen molar-refractivity contribution in [1.29, 1.82) is 0 Å². The Morgan fingerprint density at radius 3 is 2.26 bits per heavy atom. The molecule has 1 aliphatic carbocycles. The summed E-state index contributed by atoms with van der Waals surface area (Å²) in [6, 6.07) is 0.530. The van der Waals surface area contributed by atoms with Gasteiger partial charge in [0.05, 0.1) is 0 Å². The van der Waals surface area contributed by atoms with Gasteiger partial charge in [0.1, 0.15) is 6.54 Å². The molecule has 1 heterocycles. The Hall–Kier alpha value is -1.30. The topological polar surface area (TPSA) is 64.1 Å². The van der Waals surface area contributed by atoms with Crippen LogP contribution in [0.25, 0.3) is 0 Å². The Kier molecular flexibility index (Phi) is 4.63. The number of hydrogen-bond donors (Lipinski definition) is 1. The zero-order valence-corrected chi connectivity index (χ0v) is 11.5. The number of carboxylic acids is 1. The summed E-state index contributed by atoms with van der Waals surface area (Å²) in [6.45, 7) is 3.01. The lowest BCUT2D eigenvalue weighted by atomic mass is 10.2. The normalized spacial score (nSPS) is 21.6. The molecule has 2 rings (SSSR count). The predicted octanol–water partition coefficient (Wildman–Crippen LogP) is 0.683. The van der Waals surface area contributed by atoms with Gasteiger partial charge in [-0.25, -0.2) is 4.79 Å². The average molecular weight is 269 g/mol. The number of hydrogen-bond acceptors (Lipinski definition) is 3. The van der Waals surface area contributed by atoms with Crippen LogP contribution in [0.1, 0.15) is 25.7 Å². The summed E-state index contributed by atoms with van der Waals surface area (Å²) in [7, 11) is 1.54. The van der Waals surface area contributed by atoms with Crippen LogP contribution < -0.4 is 0 Å². The van der Waals surface area contributed by atoms with Crippen molar-refractivity contribution in [1.82, 2.24) is 14.7 Å². The maximum absolute atomic E-state index is 12.0. The van der Waals surface area contributed by atoms with Crippen molar-refractivity contribution < 1.29 is 14.7 Å². The van der Waals surface area contributed by atoms with Gasteiger partial charge in [0, 0.05) is 39.3 Å². The van der Waals surface area contributed by atoms with Gasteiger partial charge in [-0.15, -0.1) is 0 Å². The minimum atomic E-state index is -0.972. The summed E-state index contributed by atoms with van der Waals surface area (Å²) in [4.78, 5) is 28.1. The lowest BCUT2D eigenvalue weighted by Gasteiger charge is -2.39. The van der Waals surface area contributed by atoms with Crippen LogP contribution in [0.5, 0.6) is 0 Å². The number of nitrogens with zero attached hydrogens (tertiary/aromatic N) is 3. The van der Waals surface area contributed by atoms with Crippen molar-refractivity contribution in [2.24, 2.45) is 0 Å². The van der Waals surface area contributed by atoms with Crippen LogP contribution in [0.3, 0.4) is 0 Å². The second-order valence-electron chi connectivity index (χ2n) is 5.49. The van der Waals surface area contributed by atoms with E-state index in [9.17, 15) is 9.59 Å². The highest BCUT2D eigenvalue weighted by molar-refractivity contribution is 5.80. The molecule has 0 aromatic heterocycles. The Morgan fingerprint density at radius 2 is 1.74 bits per heavy atom. The highest BCUT2D eigenvalue weighted by atomic mass is 16.4.